The number of carbonyl (C=O) groups excluding carboxylic acids is 1. The average molecular weight is 202 g/mol. The third kappa shape index (κ3) is 9.48. The zero-order chi connectivity index (χ0) is 11.0. The van der Waals surface area contributed by atoms with E-state index in [0.29, 0.717) is 25.0 Å². The quantitative estimate of drug-likeness (QED) is 0.477. The van der Waals surface area contributed by atoms with Crippen LogP contribution in [0.25, 0.3) is 0 Å². The van der Waals surface area contributed by atoms with Crippen LogP contribution in [0.1, 0.15) is 27.7 Å². The van der Waals surface area contributed by atoms with Crippen LogP contribution in [0.5, 0.6) is 0 Å². The number of carbonyl (C=O) groups is 1. The van der Waals surface area contributed by atoms with E-state index in [9.17, 15) is 4.79 Å². The highest BCUT2D eigenvalue weighted by atomic mass is 16.6. The van der Waals surface area contributed by atoms with Crippen LogP contribution in [-0.4, -0.2) is 25.6 Å². The summed E-state index contributed by atoms with van der Waals surface area (Å²) in [4.78, 5) is 16.2. The Morgan fingerprint density at radius 2 is 1.86 bits per heavy atom. The number of hydrogen-bond donors (Lipinski definition) is 2. The van der Waals surface area contributed by atoms with Crippen molar-refractivity contribution >= 4 is 5.91 Å². The van der Waals surface area contributed by atoms with E-state index in [-0.39, 0.29) is 12.5 Å². The highest BCUT2D eigenvalue weighted by Crippen LogP contribution is 1.89. The zero-order valence-corrected chi connectivity index (χ0v) is 9.59. The molecule has 0 aliphatic carbocycles. The molecule has 0 aromatic heterocycles. The maximum Gasteiger partial charge on any atom is 0.236 e. The van der Waals surface area contributed by atoms with E-state index in [1.807, 2.05) is 0 Å². The van der Waals surface area contributed by atoms with Gasteiger partial charge in [0.2, 0.25) is 5.91 Å². The van der Waals surface area contributed by atoms with Crippen molar-refractivity contribution < 1.29 is 9.63 Å². The van der Waals surface area contributed by atoms with Gasteiger partial charge in [0.05, 0.1) is 13.2 Å². The summed E-state index contributed by atoms with van der Waals surface area (Å²) in [6.07, 6.45) is 0. The second-order valence-corrected chi connectivity index (χ2v) is 4.22. The molecule has 0 aliphatic heterocycles. The fourth-order valence-electron chi connectivity index (χ4n) is 0.723. The van der Waals surface area contributed by atoms with Crippen LogP contribution in [0.4, 0.5) is 0 Å². The molecule has 14 heavy (non-hydrogen) atoms. The van der Waals surface area contributed by atoms with E-state index in [1.165, 1.54) is 0 Å². The van der Waals surface area contributed by atoms with Crippen LogP contribution in [0.2, 0.25) is 0 Å². The second-order valence-electron chi connectivity index (χ2n) is 4.22. The Hall–Kier alpha value is -0.610. The molecule has 0 saturated carbocycles. The van der Waals surface area contributed by atoms with Gasteiger partial charge in [0.1, 0.15) is 0 Å². The number of amides is 1. The molecule has 0 radical (unpaired) electrons. The molecule has 0 heterocycles. The van der Waals surface area contributed by atoms with Crippen LogP contribution < -0.4 is 10.8 Å². The van der Waals surface area contributed by atoms with E-state index < -0.39 is 0 Å². The topological polar surface area (TPSA) is 50.4 Å². The Morgan fingerprint density at radius 3 is 2.36 bits per heavy atom. The maximum atomic E-state index is 11.1. The molecule has 0 aromatic rings. The first-order chi connectivity index (χ1) is 6.52. The summed E-state index contributed by atoms with van der Waals surface area (Å²) in [5.41, 5.74) is 2.63. The molecule has 0 rings (SSSR count). The summed E-state index contributed by atoms with van der Waals surface area (Å²) in [6, 6.07) is 0. The van der Waals surface area contributed by atoms with Gasteiger partial charge in [0.15, 0.2) is 0 Å². The molecule has 0 unspecified atom stereocenters. The van der Waals surface area contributed by atoms with Crippen LogP contribution >= 0.6 is 0 Å². The van der Waals surface area contributed by atoms with Crippen molar-refractivity contribution in [3.63, 3.8) is 0 Å². The minimum absolute atomic E-state index is 0.0255. The Kier molecular flexibility index (Phi) is 7.42. The first-order valence-electron chi connectivity index (χ1n) is 5.13. The fourth-order valence-corrected chi connectivity index (χ4v) is 0.723. The summed E-state index contributed by atoms with van der Waals surface area (Å²) in [7, 11) is 0. The van der Waals surface area contributed by atoms with Crippen molar-refractivity contribution in [2.45, 2.75) is 27.7 Å². The highest BCUT2D eigenvalue weighted by Gasteiger charge is 2.01. The largest absolute Gasteiger partial charge is 0.355 e. The predicted molar refractivity (Wildman–Crippen MR) is 56.6 cm³/mol. The van der Waals surface area contributed by atoms with E-state index in [0.717, 1.165) is 0 Å². The second kappa shape index (κ2) is 7.76. The molecule has 4 nitrogen and oxygen atoms in total. The first-order valence-corrected chi connectivity index (χ1v) is 5.13. The van der Waals surface area contributed by atoms with Gasteiger partial charge in [-0.25, -0.2) is 0 Å². The lowest BCUT2D eigenvalue weighted by Crippen LogP contribution is -2.36. The van der Waals surface area contributed by atoms with E-state index in [2.05, 4.69) is 38.5 Å². The molecule has 1 amide bonds. The average Bonchev–Trinajstić information content (AvgIpc) is 2.08. The normalized spacial score (nSPS) is 11.0. The molecule has 0 fully saturated rings. The van der Waals surface area contributed by atoms with Gasteiger partial charge in [-0.1, -0.05) is 27.7 Å². The molecule has 2 N–H and O–H groups in total. The van der Waals surface area contributed by atoms with Gasteiger partial charge in [-0.15, -0.1) is 0 Å². The van der Waals surface area contributed by atoms with Gasteiger partial charge in [-0.05, 0) is 11.8 Å². The van der Waals surface area contributed by atoms with Gasteiger partial charge in [-0.2, -0.15) is 5.48 Å². The molecule has 0 spiro atoms. The number of rotatable bonds is 7. The van der Waals surface area contributed by atoms with Crippen LogP contribution in [0.3, 0.4) is 0 Å². The third-order valence-electron chi connectivity index (χ3n) is 1.46. The molecular formula is C10H22N2O2. The molecule has 0 bridgehead atoms. The van der Waals surface area contributed by atoms with Crippen molar-refractivity contribution in [1.29, 1.82) is 0 Å². The van der Waals surface area contributed by atoms with Crippen molar-refractivity contribution in [2.75, 3.05) is 19.7 Å². The number of hydrogen-bond acceptors (Lipinski definition) is 3. The molecule has 0 atom stereocenters. The lowest BCUT2D eigenvalue weighted by molar-refractivity contribution is -0.123. The minimum Gasteiger partial charge on any atom is -0.355 e. The Morgan fingerprint density at radius 1 is 1.21 bits per heavy atom. The van der Waals surface area contributed by atoms with Gasteiger partial charge >= 0.3 is 0 Å². The SMILES string of the molecule is CC(C)CNC(=O)CNOCC(C)C. The van der Waals surface area contributed by atoms with Gasteiger partial charge in [-0.3, -0.25) is 4.79 Å². The third-order valence-corrected chi connectivity index (χ3v) is 1.46. The van der Waals surface area contributed by atoms with Crippen LogP contribution in [0.15, 0.2) is 0 Å². The Bertz CT molecular complexity index is 158. The highest BCUT2D eigenvalue weighted by molar-refractivity contribution is 5.77. The first kappa shape index (κ1) is 13.4. The van der Waals surface area contributed by atoms with Crippen LogP contribution in [-0.2, 0) is 9.63 Å². The van der Waals surface area contributed by atoms with Crippen molar-refractivity contribution in [2.24, 2.45) is 11.8 Å². The van der Waals surface area contributed by atoms with E-state index in [1.54, 1.807) is 0 Å². The van der Waals surface area contributed by atoms with E-state index >= 15 is 0 Å². The lowest BCUT2D eigenvalue weighted by atomic mass is 10.2. The van der Waals surface area contributed by atoms with Crippen LogP contribution in [0, 0.1) is 11.8 Å². The molecule has 84 valence electrons. The maximum absolute atomic E-state index is 11.1. The van der Waals surface area contributed by atoms with Crippen molar-refractivity contribution in [3.8, 4) is 0 Å². The number of nitrogens with one attached hydrogen (secondary N) is 2. The predicted octanol–water partition coefficient (Wildman–Crippen LogP) is 0.936. The number of hydroxylamine groups is 1. The minimum atomic E-state index is -0.0255. The summed E-state index contributed by atoms with van der Waals surface area (Å²) in [6.45, 7) is 9.79. The smallest absolute Gasteiger partial charge is 0.236 e. The van der Waals surface area contributed by atoms with Gasteiger partial charge < -0.3 is 10.2 Å². The lowest BCUT2D eigenvalue weighted by Gasteiger charge is -2.09. The molecule has 0 aromatic carbocycles. The van der Waals surface area contributed by atoms with Crippen molar-refractivity contribution in [3.05, 3.63) is 0 Å². The Balaban J connectivity index is 3.27. The molecular weight excluding hydrogens is 180 g/mol. The fraction of sp³-hybridized carbons (Fsp3) is 0.900. The molecule has 4 heteroatoms. The standard InChI is InChI=1S/C10H22N2O2/c1-8(2)5-11-10(13)6-12-14-7-9(3)4/h8-9,12H,5-7H2,1-4H3,(H,11,13). The summed E-state index contributed by atoms with van der Waals surface area (Å²) >= 11 is 0. The molecule has 0 aliphatic rings. The monoisotopic (exact) mass is 202 g/mol. The Labute approximate surface area is 86.4 Å². The summed E-state index contributed by atoms with van der Waals surface area (Å²) in [5, 5.41) is 2.79. The van der Waals surface area contributed by atoms with Crippen molar-refractivity contribution in [1.82, 2.24) is 10.8 Å². The molecule has 0 saturated heterocycles. The summed E-state index contributed by atoms with van der Waals surface area (Å²) in [5.74, 6) is 0.930. The van der Waals surface area contributed by atoms with Gasteiger partial charge in [0, 0.05) is 6.54 Å². The van der Waals surface area contributed by atoms with E-state index in [4.69, 9.17) is 4.84 Å². The zero-order valence-electron chi connectivity index (χ0n) is 9.59. The summed E-state index contributed by atoms with van der Waals surface area (Å²) < 4.78 is 0. The van der Waals surface area contributed by atoms with Gasteiger partial charge in [0.25, 0.3) is 0 Å².